The summed E-state index contributed by atoms with van der Waals surface area (Å²) in [5.74, 6) is -1.41. The van der Waals surface area contributed by atoms with E-state index in [1.54, 1.807) is 25.4 Å². The van der Waals surface area contributed by atoms with Crippen molar-refractivity contribution in [2.45, 2.75) is 12.5 Å². The fourth-order valence-corrected chi connectivity index (χ4v) is 4.65. The first-order valence-corrected chi connectivity index (χ1v) is 11.5. The molecule has 0 unspecified atom stereocenters. The number of likely N-dealkylation sites (tertiary alicyclic amines) is 1. The van der Waals surface area contributed by atoms with Crippen molar-refractivity contribution in [3.05, 3.63) is 106 Å². The average molecular weight is 498 g/mol. The molecule has 2 N–H and O–H groups in total. The maximum atomic E-state index is 13.2. The van der Waals surface area contributed by atoms with Crippen LogP contribution in [0.25, 0.3) is 16.7 Å². The summed E-state index contributed by atoms with van der Waals surface area (Å²) in [5, 5.41) is 23.3. The summed E-state index contributed by atoms with van der Waals surface area (Å²) in [6.07, 6.45) is 5.37. The zero-order chi connectivity index (χ0) is 26.1. The second-order valence-electron chi connectivity index (χ2n) is 8.56. The van der Waals surface area contributed by atoms with Crippen molar-refractivity contribution in [3.63, 3.8) is 0 Å². The number of rotatable bonds is 7. The van der Waals surface area contributed by atoms with E-state index in [1.165, 1.54) is 35.4 Å². The summed E-state index contributed by atoms with van der Waals surface area (Å²) in [7, 11) is 1.59. The van der Waals surface area contributed by atoms with Crippen LogP contribution in [0.1, 0.15) is 22.7 Å². The number of nitrogens with zero attached hydrogens (tertiary/aromatic N) is 3. The van der Waals surface area contributed by atoms with Gasteiger partial charge in [-0.2, -0.15) is 0 Å². The third-order valence-corrected chi connectivity index (χ3v) is 6.47. The second-order valence-corrected chi connectivity index (χ2v) is 8.56. The number of hydrogen-bond donors (Lipinski definition) is 2. The minimum absolute atomic E-state index is 0.0739. The van der Waals surface area contributed by atoms with Crippen molar-refractivity contribution in [2.75, 3.05) is 13.7 Å². The fraction of sp³-hybridized carbons (Fsp3) is 0.148. The van der Waals surface area contributed by atoms with Gasteiger partial charge in [-0.1, -0.05) is 18.2 Å². The highest BCUT2D eigenvalue weighted by Crippen LogP contribution is 2.39. The molecule has 1 aliphatic heterocycles. The first-order chi connectivity index (χ1) is 17.9. The number of benzene rings is 2. The molecule has 1 aliphatic rings. The van der Waals surface area contributed by atoms with Crippen LogP contribution in [0.2, 0.25) is 0 Å². The van der Waals surface area contributed by atoms with Gasteiger partial charge in [0, 0.05) is 53.7 Å². The molecular formula is C27H22N4O6. The molecule has 2 aromatic carbocycles. The molecule has 1 saturated heterocycles. The standard InChI is InChI=1S/C27H22N4O6/c1-37-20-7-8-22-21(13-20)17(15-29-22)9-11-30-24(18-5-3-10-28-14-18)23(26(33)27(30)34)25(32)16-4-2-6-19(12-16)31(35)36/h2-8,10,12-15,24,29,32H,9,11H2,1H3/t24-/m1/s1. The molecule has 0 spiro atoms. The number of hydrogen-bond acceptors (Lipinski definition) is 7. The van der Waals surface area contributed by atoms with Crippen LogP contribution in [0.4, 0.5) is 5.69 Å². The molecule has 5 rings (SSSR count). The zero-order valence-corrected chi connectivity index (χ0v) is 19.7. The molecule has 0 saturated carbocycles. The van der Waals surface area contributed by atoms with E-state index in [1.807, 2.05) is 24.4 Å². The van der Waals surface area contributed by atoms with E-state index in [9.17, 15) is 24.8 Å². The van der Waals surface area contributed by atoms with Crippen molar-refractivity contribution in [1.29, 1.82) is 0 Å². The Hall–Kier alpha value is -4.99. The Bertz CT molecular complexity index is 1560. The molecule has 1 amide bonds. The number of non-ortho nitro benzene ring substituents is 1. The van der Waals surface area contributed by atoms with Gasteiger partial charge < -0.3 is 19.7 Å². The number of nitro groups is 1. The summed E-state index contributed by atoms with van der Waals surface area (Å²) in [5.41, 5.74) is 2.07. The number of Topliss-reactive ketones (excluding diaryl/α,β-unsaturated/α-hetero) is 1. The van der Waals surface area contributed by atoms with E-state index < -0.39 is 28.4 Å². The Morgan fingerprint density at radius 3 is 2.76 bits per heavy atom. The van der Waals surface area contributed by atoms with Crippen LogP contribution in [-0.4, -0.2) is 50.2 Å². The van der Waals surface area contributed by atoms with Crippen molar-refractivity contribution < 1.29 is 24.4 Å². The number of carbonyl (C=O) groups is 2. The Kier molecular flexibility index (Phi) is 6.14. The number of methoxy groups -OCH3 is 1. The zero-order valence-electron chi connectivity index (χ0n) is 19.7. The van der Waals surface area contributed by atoms with Gasteiger partial charge in [0.1, 0.15) is 11.5 Å². The first-order valence-electron chi connectivity index (χ1n) is 11.5. The van der Waals surface area contributed by atoms with Gasteiger partial charge in [0.05, 0.1) is 23.6 Å². The molecule has 186 valence electrons. The van der Waals surface area contributed by atoms with E-state index >= 15 is 0 Å². The van der Waals surface area contributed by atoms with E-state index in [0.717, 1.165) is 16.5 Å². The van der Waals surface area contributed by atoms with Gasteiger partial charge in [-0.15, -0.1) is 0 Å². The molecule has 0 bridgehead atoms. The van der Waals surface area contributed by atoms with E-state index in [0.29, 0.717) is 17.7 Å². The van der Waals surface area contributed by atoms with Crippen LogP contribution in [0.5, 0.6) is 5.75 Å². The number of nitrogens with one attached hydrogen (secondary N) is 1. The van der Waals surface area contributed by atoms with Crippen LogP contribution in [-0.2, 0) is 16.0 Å². The summed E-state index contributed by atoms with van der Waals surface area (Å²) in [6, 6.07) is 13.4. The third kappa shape index (κ3) is 4.29. The van der Waals surface area contributed by atoms with Crippen LogP contribution in [0.3, 0.4) is 0 Å². The van der Waals surface area contributed by atoms with E-state index in [-0.39, 0.29) is 23.4 Å². The SMILES string of the molecule is COc1ccc2[nH]cc(CCN3C(=O)C(=O)C(=C(O)c4cccc([N+](=O)[O-])c4)[C@H]3c3cccnc3)c2c1. The van der Waals surface area contributed by atoms with Gasteiger partial charge >= 0.3 is 0 Å². The fourth-order valence-electron chi connectivity index (χ4n) is 4.65. The van der Waals surface area contributed by atoms with Gasteiger partial charge in [-0.25, -0.2) is 0 Å². The maximum Gasteiger partial charge on any atom is 0.295 e. The first kappa shape index (κ1) is 23.7. The van der Waals surface area contributed by atoms with E-state index in [2.05, 4.69) is 9.97 Å². The number of pyridine rings is 1. The lowest BCUT2D eigenvalue weighted by atomic mass is 9.96. The lowest BCUT2D eigenvalue weighted by Crippen LogP contribution is -2.31. The predicted octanol–water partition coefficient (Wildman–Crippen LogP) is 4.14. The van der Waals surface area contributed by atoms with E-state index in [4.69, 9.17) is 4.74 Å². The lowest BCUT2D eigenvalue weighted by Gasteiger charge is -2.25. The number of nitro benzene ring substituents is 1. The normalized spacial score (nSPS) is 16.9. The van der Waals surface area contributed by atoms with Gasteiger partial charge in [0.15, 0.2) is 0 Å². The highest BCUT2D eigenvalue weighted by Gasteiger charge is 2.46. The van der Waals surface area contributed by atoms with Crippen LogP contribution < -0.4 is 4.74 Å². The van der Waals surface area contributed by atoms with Crippen molar-refractivity contribution in [1.82, 2.24) is 14.9 Å². The number of fused-ring (bicyclic) bond motifs is 1. The molecule has 37 heavy (non-hydrogen) atoms. The summed E-state index contributed by atoms with van der Waals surface area (Å²) < 4.78 is 5.33. The molecule has 10 heteroatoms. The number of ether oxygens (including phenoxy) is 1. The lowest BCUT2D eigenvalue weighted by molar-refractivity contribution is -0.384. The molecule has 10 nitrogen and oxygen atoms in total. The maximum absolute atomic E-state index is 13.2. The summed E-state index contributed by atoms with van der Waals surface area (Å²) in [6.45, 7) is 0.181. The molecular weight excluding hydrogens is 476 g/mol. The van der Waals surface area contributed by atoms with Crippen molar-refractivity contribution >= 4 is 34.0 Å². The number of amides is 1. The number of aliphatic hydroxyl groups is 1. The molecule has 2 aromatic heterocycles. The summed E-state index contributed by atoms with van der Waals surface area (Å²) >= 11 is 0. The van der Waals surface area contributed by atoms with Crippen LogP contribution in [0.15, 0.2) is 78.8 Å². The van der Waals surface area contributed by atoms with Gasteiger partial charge in [0.2, 0.25) is 0 Å². The molecule has 0 aliphatic carbocycles. The summed E-state index contributed by atoms with van der Waals surface area (Å²) in [4.78, 5) is 45.8. The highest BCUT2D eigenvalue weighted by molar-refractivity contribution is 6.46. The monoisotopic (exact) mass is 498 g/mol. The average Bonchev–Trinajstić information content (AvgIpc) is 3.44. The Labute approximate surface area is 211 Å². The molecule has 3 heterocycles. The number of aliphatic hydroxyl groups excluding tert-OH is 1. The van der Waals surface area contributed by atoms with Gasteiger partial charge in [0.25, 0.3) is 17.4 Å². The smallest absolute Gasteiger partial charge is 0.295 e. The number of H-pyrrole nitrogens is 1. The van der Waals surface area contributed by atoms with Crippen LogP contribution >= 0.6 is 0 Å². The number of carbonyl (C=O) groups excluding carboxylic acids is 2. The van der Waals surface area contributed by atoms with Gasteiger partial charge in [-0.3, -0.25) is 24.7 Å². The number of ketones is 1. The van der Waals surface area contributed by atoms with Crippen LogP contribution in [0, 0.1) is 10.1 Å². The van der Waals surface area contributed by atoms with Crippen molar-refractivity contribution in [3.8, 4) is 5.75 Å². The quantitative estimate of drug-likeness (QED) is 0.128. The molecule has 1 fully saturated rings. The molecule has 0 radical (unpaired) electrons. The molecule has 1 atom stereocenters. The number of aromatic nitrogens is 2. The van der Waals surface area contributed by atoms with Gasteiger partial charge in [-0.05, 0) is 41.8 Å². The second kappa shape index (κ2) is 9.57. The highest BCUT2D eigenvalue weighted by atomic mass is 16.6. The Balaban J connectivity index is 1.55. The minimum atomic E-state index is -0.910. The topological polar surface area (TPSA) is 139 Å². The Morgan fingerprint density at radius 2 is 2.03 bits per heavy atom. The Morgan fingerprint density at radius 1 is 1.19 bits per heavy atom. The predicted molar refractivity (Wildman–Crippen MR) is 135 cm³/mol. The third-order valence-electron chi connectivity index (χ3n) is 6.47. The van der Waals surface area contributed by atoms with Crippen molar-refractivity contribution in [2.24, 2.45) is 0 Å². The molecule has 4 aromatic rings. The largest absolute Gasteiger partial charge is 0.507 e. The minimum Gasteiger partial charge on any atom is -0.507 e. The number of aromatic amines is 1.